The maximum absolute atomic E-state index is 11.9. The lowest BCUT2D eigenvalue weighted by Gasteiger charge is -2.23. The Morgan fingerprint density at radius 1 is 1.10 bits per heavy atom. The zero-order valence-corrected chi connectivity index (χ0v) is 13.9. The third-order valence-electron chi connectivity index (χ3n) is 3.64. The van der Waals surface area contributed by atoms with Gasteiger partial charge in [0.15, 0.2) is 0 Å². The van der Waals surface area contributed by atoms with Crippen molar-refractivity contribution in [1.82, 2.24) is 0 Å². The monoisotopic (exact) mass is 338 g/mol. The molecule has 20 heavy (non-hydrogen) atoms. The van der Waals surface area contributed by atoms with Gasteiger partial charge in [-0.15, -0.1) is 0 Å². The minimum Gasteiger partial charge on any atom is -0.372 e. The first-order valence-electron chi connectivity index (χ1n) is 7.32. The molecule has 3 nitrogen and oxygen atoms in total. The van der Waals surface area contributed by atoms with E-state index >= 15 is 0 Å². The number of hydrogen-bond donors (Lipinski definition) is 1. The summed E-state index contributed by atoms with van der Waals surface area (Å²) in [6.45, 7) is 5.96. The molecule has 110 valence electrons. The molecule has 1 heterocycles. The van der Waals surface area contributed by atoms with Gasteiger partial charge < -0.3 is 10.2 Å². The summed E-state index contributed by atoms with van der Waals surface area (Å²) in [7, 11) is 0. The summed E-state index contributed by atoms with van der Waals surface area (Å²) >= 11 is 3.37. The Bertz CT molecular complexity index is 443. The van der Waals surface area contributed by atoms with E-state index in [0.29, 0.717) is 0 Å². The second-order valence-corrected chi connectivity index (χ2v) is 7.86. The third kappa shape index (κ3) is 4.23. The Hall–Kier alpha value is -1.03. The van der Waals surface area contributed by atoms with E-state index in [4.69, 9.17) is 0 Å². The van der Waals surface area contributed by atoms with E-state index in [1.807, 2.05) is 26.0 Å². The summed E-state index contributed by atoms with van der Waals surface area (Å²) in [5.74, 6) is -0.0278. The van der Waals surface area contributed by atoms with Crippen LogP contribution in [-0.2, 0) is 4.79 Å². The van der Waals surface area contributed by atoms with Crippen molar-refractivity contribution in [2.45, 2.75) is 43.9 Å². The molecule has 2 rings (SSSR count). The van der Waals surface area contributed by atoms with Crippen LogP contribution in [0.3, 0.4) is 0 Å². The molecule has 0 aromatic heterocycles. The average Bonchev–Trinajstić information content (AvgIpc) is 2.67. The van der Waals surface area contributed by atoms with Crippen LogP contribution < -0.4 is 10.2 Å². The number of rotatable bonds is 3. The van der Waals surface area contributed by atoms with Crippen LogP contribution in [-0.4, -0.2) is 23.3 Å². The lowest BCUT2D eigenvalue weighted by molar-refractivity contribution is -0.117. The summed E-state index contributed by atoms with van der Waals surface area (Å²) in [6.07, 6.45) is 5.22. The number of hydrogen-bond acceptors (Lipinski definition) is 2. The summed E-state index contributed by atoms with van der Waals surface area (Å²) < 4.78 is -0.545. The van der Waals surface area contributed by atoms with E-state index in [1.54, 1.807) is 0 Å². The number of anilines is 2. The van der Waals surface area contributed by atoms with Gasteiger partial charge in [0.2, 0.25) is 5.91 Å². The zero-order chi connectivity index (χ0) is 14.6. The Morgan fingerprint density at radius 3 is 2.15 bits per heavy atom. The van der Waals surface area contributed by atoms with Crippen LogP contribution in [0, 0.1) is 0 Å². The number of halogens is 1. The van der Waals surface area contributed by atoms with Crippen LogP contribution in [0.1, 0.15) is 39.5 Å². The predicted octanol–water partition coefficient (Wildman–Crippen LogP) is 4.18. The van der Waals surface area contributed by atoms with Crippen molar-refractivity contribution in [3.8, 4) is 0 Å². The molecule has 1 amide bonds. The molecule has 1 saturated heterocycles. The fourth-order valence-electron chi connectivity index (χ4n) is 2.36. The fourth-order valence-corrected chi connectivity index (χ4v) is 2.46. The second kappa shape index (κ2) is 6.61. The van der Waals surface area contributed by atoms with Gasteiger partial charge in [0.05, 0.1) is 4.32 Å². The van der Waals surface area contributed by atoms with Crippen molar-refractivity contribution in [3.63, 3.8) is 0 Å². The number of benzene rings is 1. The van der Waals surface area contributed by atoms with Crippen molar-refractivity contribution in [2.24, 2.45) is 0 Å². The van der Waals surface area contributed by atoms with E-state index in [1.165, 1.54) is 31.4 Å². The van der Waals surface area contributed by atoms with E-state index in [0.717, 1.165) is 18.8 Å². The number of amides is 1. The topological polar surface area (TPSA) is 32.3 Å². The van der Waals surface area contributed by atoms with E-state index in [9.17, 15) is 4.79 Å². The van der Waals surface area contributed by atoms with Gasteiger partial charge in [-0.05, 0) is 51.0 Å². The molecule has 1 aliphatic rings. The van der Waals surface area contributed by atoms with Gasteiger partial charge in [0.1, 0.15) is 0 Å². The van der Waals surface area contributed by atoms with Crippen molar-refractivity contribution in [2.75, 3.05) is 23.3 Å². The molecular weight excluding hydrogens is 316 g/mol. The number of carbonyl (C=O) groups is 1. The molecule has 0 saturated carbocycles. The Labute approximate surface area is 129 Å². The Kier molecular flexibility index (Phi) is 5.08. The molecule has 1 fully saturated rings. The van der Waals surface area contributed by atoms with Crippen LogP contribution in [0.4, 0.5) is 11.4 Å². The summed E-state index contributed by atoms with van der Waals surface area (Å²) in [5.41, 5.74) is 2.10. The molecule has 0 atom stereocenters. The number of nitrogens with one attached hydrogen (secondary N) is 1. The van der Waals surface area contributed by atoms with Crippen LogP contribution in [0.2, 0.25) is 0 Å². The zero-order valence-electron chi connectivity index (χ0n) is 12.3. The number of carbonyl (C=O) groups excluding carboxylic acids is 1. The normalized spacial score (nSPS) is 16.6. The highest BCUT2D eigenvalue weighted by Gasteiger charge is 2.23. The summed E-state index contributed by atoms with van der Waals surface area (Å²) in [5, 5.41) is 2.92. The van der Waals surface area contributed by atoms with Crippen LogP contribution in [0.5, 0.6) is 0 Å². The number of alkyl halides is 1. The van der Waals surface area contributed by atoms with Gasteiger partial charge in [-0.2, -0.15) is 0 Å². The average molecular weight is 339 g/mol. The van der Waals surface area contributed by atoms with Gasteiger partial charge in [-0.25, -0.2) is 0 Å². The lowest BCUT2D eigenvalue weighted by Crippen LogP contribution is -2.31. The molecule has 0 unspecified atom stereocenters. The molecule has 1 aliphatic heterocycles. The first-order chi connectivity index (χ1) is 9.47. The SMILES string of the molecule is CC(C)(Br)C(=O)Nc1ccc(N2CCCCCC2)cc1. The van der Waals surface area contributed by atoms with E-state index in [2.05, 4.69) is 38.3 Å². The smallest absolute Gasteiger partial charge is 0.240 e. The molecule has 0 bridgehead atoms. The molecule has 1 aromatic carbocycles. The maximum atomic E-state index is 11.9. The molecule has 1 aromatic rings. The highest BCUT2D eigenvalue weighted by Crippen LogP contribution is 2.23. The maximum Gasteiger partial charge on any atom is 0.240 e. The molecule has 0 aliphatic carbocycles. The fraction of sp³-hybridized carbons (Fsp3) is 0.562. The summed E-state index contributed by atoms with van der Waals surface area (Å²) in [6, 6.07) is 8.16. The number of nitrogens with zero attached hydrogens (tertiary/aromatic N) is 1. The van der Waals surface area contributed by atoms with Crippen LogP contribution in [0.15, 0.2) is 24.3 Å². The quantitative estimate of drug-likeness (QED) is 0.838. The van der Waals surface area contributed by atoms with Gasteiger partial charge in [-0.1, -0.05) is 28.8 Å². The van der Waals surface area contributed by atoms with Crippen molar-refractivity contribution < 1.29 is 4.79 Å². The predicted molar refractivity (Wildman–Crippen MR) is 88.8 cm³/mol. The third-order valence-corrected chi connectivity index (χ3v) is 4.00. The standard InChI is InChI=1S/C16H23BrN2O/c1-16(2,17)15(20)18-13-7-9-14(10-8-13)19-11-5-3-4-6-12-19/h7-10H,3-6,11-12H2,1-2H3,(H,18,20). The molecular formula is C16H23BrN2O. The first kappa shape index (κ1) is 15.4. The largest absolute Gasteiger partial charge is 0.372 e. The first-order valence-corrected chi connectivity index (χ1v) is 8.11. The van der Waals surface area contributed by atoms with Crippen molar-refractivity contribution in [3.05, 3.63) is 24.3 Å². The van der Waals surface area contributed by atoms with Crippen LogP contribution in [0.25, 0.3) is 0 Å². The Balaban J connectivity index is 2.00. The van der Waals surface area contributed by atoms with Gasteiger partial charge >= 0.3 is 0 Å². The minimum atomic E-state index is -0.545. The minimum absolute atomic E-state index is 0.0278. The second-order valence-electron chi connectivity index (χ2n) is 5.87. The Morgan fingerprint density at radius 2 is 1.65 bits per heavy atom. The highest BCUT2D eigenvalue weighted by molar-refractivity contribution is 9.10. The molecule has 1 N–H and O–H groups in total. The molecule has 0 spiro atoms. The molecule has 0 radical (unpaired) electrons. The molecule has 4 heteroatoms. The highest BCUT2D eigenvalue weighted by atomic mass is 79.9. The van der Waals surface area contributed by atoms with Crippen molar-refractivity contribution >= 4 is 33.2 Å². The summed E-state index contributed by atoms with van der Waals surface area (Å²) in [4.78, 5) is 14.3. The van der Waals surface area contributed by atoms with Crippen molar-refractivity contribution in [1.29, 1.82) is 0 Å². The van der Waals surface area contributed by atoms with Gasteiger partial charge in [-0.3, -0.25) is 4.79 Å². The van der Waals surface area contributed by atoms with Gasteiger partial charge in [0, 0.05) is 24.5 Å². The van der Waals surface area contributed by atoms with Gasteiger partial charge in [0.25, 0.3) is 0 Å². The lowest BCUT2D eigenvalue weighted by atomic mass is 10.2. The van der Waals surface area contributed by atoms with Crippen LogP contribution >= 0.6 is 15.9 Å². The van der Waals surface area contributed by atoms with E-state index < -0.39 is 4.32 Å². The van der Waals surface area contributed by atoms with E-state index in [-0.39, 0.29) is 5.91 Å².